The Balaban J connectivity index is 4.25. The molecular weight excluding hydrogens is 168 g/mol. The van der Waals surface area contributed by atoms with Gasteiger partial charge in [-0.15, -0.1) is 0 Å². The summed E-state index contributed by atoms with van der Waals surface area (Å²) < 4.78 is 5.20. The molecule has 0 saturated carbocycles. The Kier molecular flexibility index (Phi) is 4.95. The second kappa shape index (κ2) is 5.19. The maximum atomic E-state index is 11.1. The maximum absolute atomic E-state index is 11.1. The van der Waals surface area contributed by atoms with Gasteiger partial charge < -0.3 is 10.5 Å². The first-order valence-corrected chi connectivity index (χ1v) is 4.57. The molecule has 4 heteroatoms. The first-order chi connectivity index (χ1) is 5.92. The van der Waals surface area contributed by atoms with Crippen LogP contribution in [0, 0.1) is 0 Å². The van der Waals surface area contributed by atoms with Crippen molar-refractivity contribution in [3.05, 3.63) is 0 Å². The van der Waals surface area contributed by atoms with Gasteiger partial charge in [-0.2, -0.15) is 0 Å². The van der Waals surface area contributed by atoms with Crippen LogP contribution in [0.1, 0.15) is 27.7 Å². The molecule has 0 heterocycles. The van der Waals surface area contributed by atoms with E-state index in [0.29, 0.717) is 13.2 Å². The van der Waals surface area contributed by atoms with Crippen molar-refractivity contribution in [3.63, 3.8) is 0 Å². The monoisotopic (exact) mass is 188 g/mol. The molecule has 0 saturated heterocycles. The molecule has 1 atom stereocenters. The predicted octanol–water partition coefficient (Wildman–Crippen LogP) is 0.265. The highest BCUT2D eigenvalue weighted by Gasteiger charge is 2.31. The first kappa shape index (κ1) is 12.4. The van der Waals surface area contributed by atoms with Gasteiger partial charge in [-0.3, -0.25) is 10.1 Å². The number of primary amides is 1. The van der Waals surface area contributed by atoms with E-state index in [9.17, 15) is 4.79 Å². The standard InChI is InChI=1S/C9H20N2O2/c1-5-13-6-9(4,8(10)12)11-7(2)3/h7,11H,5-6H2,1-4H3,(H2,10,12). The smallest absolute Gasteiger partial charge is 0.239 e. The molecule has 0 aromatic carbocycles. The maximum Gasteiger partial charge on any atom is 0.239 e. The summed E-state index contributed by atoms with van der Waals surface area (Å²) in [5.41, 5.74) is 4.52. The van der Waals surface area contributed by atoms with Crippen LogP contribution < -0.4 is 11.1 Å². The molecule has 78 valence electrons. The molecule has 3 N–H and O–H groups in total. The number of hydrogen-bond acceptors (Lipinski definition) is 3. The summed E-state index contributed by atoms with van der Waals surface area (Å²) in [6.07, 6.45) is 0. The van der Waals surface area contributed by atoms with E-state index < -0.39 is 5.54 Å². The van der Waals surface area contributed by atoms with Crippen LogP contribution in [0.2, 0.25) is 0 Å². The van der Waals surface area contributed by atoms with E-state index in [0.717, 1.165) is 0 Å². The molecule has 0 radical (unpaired) electrons. The van der Waals surface area contributed by atoms with Gasteiger partial charge in [0.1, 0.15) is 5.54 Å². The fourth-order valence-electron chi connectivity index (χ4n) is 1.13. The highest BCUT2D eigenvalue weighted by Crippen LogP contribution is 2.05. The van der Waals surface area contributed by atoms with Crippen molar-refractivity contribution >= 4 is 5.91 Å². The summed E-state index contributed by atoms with van der Waals surface area (Å²) in [4.78, 5) is 11.1. The second-order valence-corrected chi connectivity index (χ2v) is 3.63. The third-order valence-corrected chi connectivity index (χ3v) is 1.75. The third-order valence-electron chi connectivity index (χ3n) is 1.75. The zero-order valence-electron chi connectivity index (χ0n) is 8.89. The van der Waals surface area contributed by atoms with Crippen molar-refractivity contribution in [1.29, 1.82) is 0 Å². The summed E-state index contributed by atoms with van der Waals surface area (Å²) in [6, 6.07) is 0.206. The van der Waals surface area contributed by atoms with Crippen molar-refractivity contribution in [2.24, 2.45) is 5.73 Å². The van der Waals surface area contributed by atoms with Gasteiger partial charge in [0.15, 0.2) is 0 Å². The first-order valence-electron chi connectivity index (χ1n) is 4.57. The van der Waals surface area contributed by atoms with Crippen molar-refractivity contribution in [1.82, 2.24) is 5.32 Å². The normalized spacial score (nSPS) is 15.8. The molecule has 0 aromatic heterocycles. The molecule has 0 bridgehead atoms. The predicted molar refractivity (Wildman–Crippen MR) is 52.4 cm³/mol. The van der Waals surface area contributed by atoms with Crippen LogP contribution in [-0.4, -0.2) is 30.7 Å². The molecule has 4 nitrogen and oxygen atoms in total. The number of ether oxygens (including phenoxy) is 1. The highest BCUT2D eigenvalue weighted by atomic mass is 16.5. The highest BCUT2D eigenvalue weighted by molar-refractivity contribution is 5.84. The summed E-state index contributed by atoms with van der Waals surface area (Å²) in [5, 5.41) is 3.09. The van der Waals surface area contributed by atoms with E-state index in [1.807, 2.05) is 20.8 Å². The zero-order chi connectivity index (χ0) is 10.5. The van der Waals surface area contributed by atoms with Crippen molar-refractivity contribution in [2.45, 2.75) is 39.3 Å². The summed E-state index contributed by atoms with van der Waals surface area (Å²) in [7, 11) is 0. The average molecular weight is 188 g/mol. The summed E-state index contributed by atoms with van der Waals surface area (Å²) in [6.45, 7) is 8.47. The molecule has 13 heavy (non-hydrogen) atoms. The average Bonchev–Trinajstić information content (AvgIpc) is 1.99. The number of rotatable bonds is 6. The molecular formula is C9H20N2O2. The Labute approximate surface area is 79.8 Å². The van der Waals surface area contributed by atoms with Gasteiger partial charge in [0.2, 0.25) is 5.91 Å². The SMILES string of the molecule is CCOCC(C)(NC(C)C)C(N)=O. The number of nitrogens with two attached hydrogens (primary N) is 1. The molecule has 0 aromatic rings. The fourth-order valence-corrected chi connectivity index (χ4v) is 1.13. The number of amides is 1. The van der Waals surface area contributed by atoms with E-state index in [-0.39, 0.29) is 11.9 Å². The minimum absolute atomic E-state index is 0.206. The molecule has 0 aliphatic carbocycles. The Morgan fingerprint density at radius 2 is 2.15 bits per heavy atom. The van der Waals surface area contributed by atoms with Crippen LogP contribution in [0.5, 0.6) is 0 Å². The van der Waals surface area contributed by atoms with Crippen LogP contribution >= 0.6 is 0 Å². The largest absolute Gasteiger partial charge is 0.379 e. The van der Waals surface area contributed by atoms with Crippen LogP contribution in [0.25, 0.3) is 0 Å². The molecule has 0 aliphatic rings. The van der Waals surface area contributed by atoms with Crippen molar-refractivity contribution in [2.75, 3.05) is 13.2 Å². The van der Waals surface area contributed by atoms with E-state index in [4.69, 9.17) is 10.5 Å². The van der Waals surface area contributed by atoms with E-state index >= 15 is 0 Å². The topological polar surface area (TPSA) is 64.3 Å². The molecule has 1 unspecified atom stereocenters. The van der Waals surface area contributed by atoms with Crippen molar-refractivity contribution in [3.8, 4) is 0 Å². The van der Waals surface area contributed by atoms with Gasteiger partial charge in [0.05, 0.1) is 6.61 Å². The van der Waals surface area contributed by atoms with Crippen LogP contribution in [-0.2, 0) is 9.53 Å². The van der Waals surface area contributed by atoms with Gasteiger partial charge in [-0.25, -0.2) is 0 Å². The van der Waals surface area contributed by atoms with Gasteiger partial charge in [0, 0.05) is 12.6 Å². The minimum Gasteiger partial charge on any atom is -0.379 e. The Bertz CT molecular complexity index is 171. The van der Waals surface area contributed by atoms with Crippen LogP contribution in [0.4, 0.5) is 0 Å². The lowest BCUT2D eigenvalue weighted by molar-refractivity contribution is -0.126. The summed E-state index contributed by atoms with van der Waals surface area (Å²) in [5.74, 6) is -0.380. The van der Waals surface area contributed by atoms with E-state index in [1.165, 1.54) is 0 Å². The zero-order valence-corrected chi connectivity index (χ0v) is 8.89. The number of carbonyl (C=O) groups excluding carboxylic acids is 1. The van der Waals surface area contributed by atoms with E-state index in [1.54, 1.807) is 6.92 Å². The lowest BCUT2D eigenvalue weighted by atomic mass is 10.0. The quantitative estimate of drug-likeness (QED) is 0.628. The molecule has 0 rings (SSSR count). The molecule has 1 amide bonds. The number of hydrogen-bond donors (Lipinski definition) is 2. The fraction of sp³-hybridized carbons (Fsp3) is 0.889. The lowest BCUT2D eigenvalue weighted by Gasteiger charge is -2.29. The molecule has 0 fully saturated rings. The number of nitrogens with one attached hydrogen (secondary N) is 1. The minimum atomic E-state index is -0.760. The molecule has 0 aliphatic heterocycles. The van der Waals surface area contributed by atoms with Gasteiger partial charge in [-0.1, -0.05) is 0 Å². The van der Waals surface area contributed by atoms with Crippen LogP contribution in [0.3, 0.4) is 0 Å². The molecule has 0 spiro atoms. The second-order valence-electron chi connectivity index (χ2n) is 3.63. The van der Waals surface area contributed by atoms with Gasteiger partial charge in [0.25, 0.3) is 0 Å². The summed E-state index contributed by atoms with van der Waals surface area (Å²) >= 11 is 0. The Hall–Kier alpha value is -0.610. The Morgan fingerprint density at radius 1 is 1.62 bits per heavy atom. The number of carbonyl (C=O) groups is 1. The van der Waals surface area contributed by atoms with Gasteiger partial charge in [-0.05, 0) is 27.7 Å². The van der Waals surface area contributed by atoms with E-state index in [2.05, 4.69) is 5.32 Å². The van der Waals surface area contributed by atoms with Crippen LogP contribution in [0.15, 0.2) is 0 Å². The van der Waals surface area contributed by atoms with Gasteiger partial charge >= 0.3 is 0 Å². The third kappa shape index (κ3) is 4.24. The lowest BCUT2D eigenvalue weighted by Crippen LogP contribution is -2.58. The Morgan fingerprint density at radius 3 is 2.46 bits per heavy atom. The van der Waals surface area contributed by atoms with Crippen molar-refractivity contribution < 1.29 is 9.53 Å².